The molecule has 0 spiro atoms. The lowest BCUT2D eigenvalue weighted by molar-refractivity contribution is 0.554. The number of nitrogens with two attached hydrogens (primary N) is 1. The van der Waals surface area contributed by atoms with E-state index < -0.39 is 0 Å². The average molecular weight is 223 g/mol. The first kappa shape index (κ1) is 10.3. The summed E-state index contributed by atoms with van der Waals surface area (Å²) in [4.78, 5) is 1.21. The van der Waals surface area contributed by atoms with Gasteiger partial charge in [0.15, 0.2) is 0 Å². The van der Waals surface area contributed by atoms with Gasteiger partial charge in [-0.15, -0.1) is 16.4 Å². The number of aromatic nitrogens is 3. The van der Waals surface area contributed by atoms with Gasteiger partial charge < -0.3 is 0 Å². The molecule has 0 aliphatic heterocycles. The second kappa shape index (κ2) is 4.52. The van der Waals surface area contributed by atoms with Crippen molar-refractivity contribution < 1.29 is 0 Å². The van der Waals surface area contributed by atoms with Gasteiger partial charge in [-0.3, -0.25) is 16.0 Å². The van der Waals surface area contributed by atoms with E-state index in [-0.39, 0.29) is 6.04 Å². The molecule has 15 heavy (non-hydrogen) atoms. The number of hydrogen-bond donors (Lipinski definition) is 2. The van der Waals surface area contributed by atoms with E-state index in [1.807, 2.05) is 24.7 Å². The van der Waals surface area contributed by atoms with Gasteiger partial charge in [0.1, 0.15) is 0 Å². The van der Waals surface area contributed by atoms with E-state index in [1.54, 1.807) is 16.0 Å². The first-order valence-corrected chi connectivity index (χ1v) is 5.52. The predicted octanol–water partition coefficient (Wildman–Crippen LogP) is 0.624. The molecule has 0 amide bonds. The molecule has 5 nitrogen and oxygen atoms in total. The van der Waals surface area contributed by atoms with Gasteiger partial charge in [0.05, 0.1) is 11.7 Å². The lowest BCUT2D eigenvalue weighted by Crippen LogP contribution is -2.29. The van der Waals surface area contributed by atoms with Gasteiger partial charge >= 0.3 is 0 Å². The van der Waals surface area contributed by atoms with E-state index in [0.29, 0.717) is 0 Å². The summed E-state index contributed by atoms with van der Waals surface area (Å²) in [7, 11) is 1.85. The van der Waals surface area contributed by atoms with Crippen molar-refractivity contribution in [1.82, 2.24) is 20.4 Å². The summed E-state index contributed by atoms with van der Waals surface area (Å²) in [6.45, 7) is 0. The lowest BCUT2D eigenvalue weighted by atomic mass is 10.1. The van der Waals surface area contributed by atoms with Gasteiger partial charge in [-0.05, 0) is 11.4 Å². The largest absolute Gasteiger partial charge is 0.271 e. The van der Waals surface area contributed by atoms with Crippen LogP contribution in [0.1, 0.15) is 16.6 Å². The van der Waals surface area contributed by atoms with Crippen LogP contribution in [0.15, 0.2) is 23.7 Å². The Balaban J connectivity index is 2.09. The third kappa shape index (κ3) is 2.41. The molecule has 3 N–H and O–H groups in total. The topological polar surface area (TPSA) is 68.8 Å². The SMILES string of the molecule is Cn1cc(CC(NN)c2cccs2)nn1. The Morgan fingerprint density at radius 3 is 3.07 bits per heavy atom. The molecule has 0 aliphatic rings. The molecule has 2 aromatic rings. The Labute approximate surface area is 91.9 Å². The van der Waals surface area contributed by atoms with Crippen LogP contribution in [0.2, 0.25) is 0 Å². The minimum absolute atomic E-state index is 0.113. The van der Waals surface area contributed by atoms with Crippen molar-refractivity contribution in [3.63, 3.8) is 0 Å². The summed E-state index contributed by atoms with van der Waals surface area (Å²) in [5.41, 5.74) is 3.73. The van der Waals surface area contributed by atoms with Crippen molar-refractivity contribution >= 4 is 11.3 Å². The highest BCUT2D eigenvalue weighted by Gasteiger charge is 2.13. The number of nitrogens with zero attached hydrogens (tertiary/aromatic N) is 3. The van der Waals surface area contributed by atoms with Crippen LogP contribution in [0, 0.1) is 0 Å². The molecule has 2 aromatic heterocycles. The molecule has 0 fully saturated rings. The van der Waals surface area contributed by atoms with Crippen LogP contribution in [0.25, 0.3) is 0 Å². The average Bonchev–Trinajstić information content (AvgIpc) is 2.85. The molecule has 0 aromatic carbocycles. The van der Waals surface area contributed by atoms with E-state index in [1.165, 1.54) is 4.88 Å². The molecule has 0 bridgehead atoms. The highest BCUT2D eigenvalue weighted by atomic mass is 32.1. The number of aryl methyl sites for hydroxylation is 1. The molecule has 1 atom stereocenters. The second-order valence-corrected chi connectivity index (χ2v) is 4.30. The third-order valence-electron chi connectivity index (χ3n) is 2.15. The Kier molecular flexibility index (Phi) is 3.10. The summed E-state index contributed by atoms with van der Waals surface area (Å²) in [5, 5.41) is 9.96. The summed E-state index contributed by atoms with van der Waals surface area (Å²) < 4.78 is 1.69. The zero-order chi connectivity index (χ0) is 10.7. The minimum Gasteiger partial charge on any atom is -0.271 e. The van der Waals surface area contributed by atoms with Crippen LogP contribution in [-0.4, -0.2) is 15.0 Å². The predicted molar refractivity (Wildman–Crippen MR) is 59.1 cm³/mol. The van der Waals surface area contributed by atoms with E-state index in [9.17, 15) is 0 Å². The zero-order valence-corrected chi connectivity index (χ0v) is 9.24. The summed E-state index contributed by atoms with van der Waals surface area (Å²) in [5.74, 6) is 5.52. The molecule has 2 heterocycles. The Morgan fingerprint density at radius 2 is 2.53 bits per heavy atom. The molecular formula is C9H13N5S. The maximum absolute atomic E-state index is 5.52. The number of thiophene rings is 1. The van der Waals surface area contributed by atoms with Crippen molar-refractivity contribution in [2.24, 2.45) is 12.9 Å². The fourth-order valence-corrected chi connectivity index (χ4v) is 2.22. The molecule has 0 aliphatic carbocycles. The van der Waals surface area contributed by atoms with Crippen LogP contribution >= 0.6 is 11.3 Å². The first-order chi connectivity index (χ1) is 7.29. The molecule has 0 saturated carbocycles. The first-order valence-electron chi connectivity index (χ1n) is 4.64. The highest BCUT2D eigenvalue weighted by Crippen LogP contribution is 2.21. The molecular weight excluding hydrogens is 210 g/mol. The fraction of sp³-hybridized carbons (Fsp3) is 0.333. The Morgan fingerprint density at radius 1 is 1.67 bits per heavy atom. The van der Waals surface area contributed by atoms with Crippen LogP contribution in [0.5, 0.6) is 0 Å². The Hall–Kier alpha value is -1.24. The molecule has 2 rings (SSSR count). The molecule has 1 unspecified atom stereocenters. The van der Waals surface area contributed by atoms with E-state index >= 15 is 0 Å². The molecule has 0 radical (unpaired) electrons. The number of rotatable bonds is 4. The minimum atomic E-state index is 0.113. The van der Waals surface area contributed by atoms with Crippen LogP contribution < -0.4 is 11.3 Å². The number of nitrogens with one attached hydrogen (secondary N) is 1. The van der Waals surface area contributed by atoms with Crippen molar-refractivity contribution in [2.45, 2.75) is 12.5 Å². The van der Waals surface area contributed by atoms with E-state index in [4.69, 9.17) is 5.84 Å². The smallest absolute Gasteiger partial charge is 0.0846 e. The van der Waals surface area contributed by atoms with E-state index in [0.717, 1.165) is 12.1 Å². The van der Waals surface area contributed by atoms with Gasteiger partial charge in [0.25, 0.3) is 0 Å². The quantitative estimate of drug-likeness (QED) is 0.589. The maximum Gasteiger partial charge on any atom is 0.0846 e. The van der Waals surface area contributed by atoms with Gasteiger partial charge in [-0.25, -0.2) is 0 Å². The van der Waals surface area contributed by atoms with Crippen molar-refractivity contribution in [3.05, 3.63) is 34.3 Å². The number of hydrogen-bond acceptors (Lipinski definition) is 5. The third-order valence-corrected chi connectivity index (χ3v) is 3.14. The van der Waals surface area contributed by atoms with Crippen LogP contribution in [0.3, 0.4) is 0 Å². The standard InChI is InChI=1S/C9H13N5S/c1-14-6-7(12-13-14)5-8(11-10)9-3-2-4-15-9/h2-4,6,8,11H,5,10H2,1H3. The van der Waals surface area contributed by atoms with Gasteiger partial charge in [0, 0.05) is 24.5 Å². The van der Waals surface area contributed by atoms with Crippen LogP contribution in [0.4, 0.5) is 0 Å². The van der Waals surface area contributed by atoms with Gasteiger partial charge in [0.2, 0.25) is 0 Å². The monoisotopic (exact) mass is 223 g/mol. The molecule has 6 heteroatoms. The van der Waals surface area contributed by atoms with E-state index in [2.05, 4.69) is 21.8 Å². The van der Waals surface area contributed by atoms with Crippen molar-refractivity contribution in [1.29, 1.82) is 0 Å². The normalized spacial score (nSPS) is 12.9. The van der Waals surface area contributed by atoms with Gasteiger partial charge in [-0.2, -0.15) is 0 Å². The lowest BCUT2D eigenvalue weighted by Gasteiger charge is -2.11. The Bertz CT molecular complexity index is 408. The maximum atomic E-state index is 5.52. The summed E-state index contributed by atoms with van der Waals surface area (Å²) in [6, 6.07) is 4.19. The zero-order valence-electron chi connectivity index (χ0n) is 8.42. The van der Waals surface area contributed by atoms with Crippen LogP contribution in [-0.2, 0) is 13.5 Å². The van der Waals surface area contributed by atoms with Gasteiger partial charge in [-0.1, -0.05) is 11.3 Å². The molecule has 80 valence electrons. The fourth-order valence-electron chi connectivity index (χ4n) is 1.43. The summed E-state index contributed by atoms with van der Waals surface area (Å²) in [6.07, 6.45) is 2.66. The highest BCUT2D eigenvalue weighted by molar-refractivity contribution is 7.10. The second-order valence-electron chi connectivity index (χ2n) is 3.32. The molecule has 0 saturated heterocycles. The summed E-state index contributed by atoms with van der Waals surface area (Å²) >= 11 is 1.68. The van der Waals surface area contributed by atoms with Crippen molar-refractivity contribution in [2.75, 3.05) is 0 Å². The number of hydrazine groups is 1. The van der Waals surface area contributed by atoms with Crippen molar-refractivity contribution in [3.8, 4) is 0 Å².